The number of hydrogen-bond acceptors (Lipinski definition) is 1. The minimum absolute atomic E-state index is 0.229. The average Bonchev–Trinajstić information content (AvgIpc) is 2.39. The van der Waals surface area contributed by atoms with Crippen LogP contribution in [-0.4, -0.2) is 10.5 Å². The fourth-order valence-corrected chi connectivity index (χ4v) is 1.49. The Morgan fingerprint density at radius 1 is 1.70 bits per heavy atom. The number of aromatic nitrogens is 1. The zero-order valence-electron chi connectivity index (χ0n) is 5.87. The van der Waals surface area contributed by atoms with Crippen molar-refractivity contribution >= 4 is 5.91 Å². The van der Waals surface area contributed by atoms with Crippen LogP contribution in [0.5, 0.6) is 0 Å². The third kappa shape index (κ3) is 0.561. The molecular formula is C8H9NO. The van der Waals surface area contributed by atoms with Crippen LogP contribution in [0.15, 0.2) is 18.3 Å². The summed E-state index contributed by atoms with van der Waals surface area (Å²) < 4.78 is 1.74. The summed E-state index contributed by atoms with van der Waals surface area (Å²) in [7, 11) is 0. The highest BCUT2D eigenvalue weighted by molar-refractivity contribution is 5.83. The van der Waals surface area contributed by atoms with E-state index in [0.29, 0.717) is 12.3 Å². The van der Waals surface area contributed by atoms with Gasteiger partial charge in [0, 0.05) is 24.2 Å². The molecule has 52 valence electrons. The molecule has 0 radical (unpaired) electrons. The summed E-state index contributed by atoms with van der Waals surface area (Å²) in [5.41, 5.74) is 1.16. The monoisotopic (exact) mass is 135 g/mol. The van der Waals surface area contributed by atoms with Crippen LogP contribution in [0.2, 0.25) is 0 Å². The Kier molecular flexibility index (Phi) is 0.982. The average molecular weight is 135 g/mol. The number of carbonyl (C=O) groups is 1. The van der Waals surface area contributed by atoms with Crippen molar-refractivity contribution in [3.8, 4) is 0 Å². The van der Waals surface area contributed by atoms with Crippen molar-refractivity contribution in [1.29, 1.82) is 0 Å². The van der Waals surface area contributed by atoms with E-state index in [1.54, 1.807) is 4.57 Å². The molecule has 2 rings (SSSR count). The predicted molar refractivity (Wildman–Crippen MR) is 38.1 cm³/mol. The fourth-order valence-electron chi connectivity index (χ4n) is 1.49. The van der Waals surface area contributed by atoms with Gasteiger partial charge in [-0.2, -0.15) is 0 Å². The lowest BCUT2D eigenvalue weighted by atomic mass is 10.1. The highest BCUT2D eigenvalue weighted by atomic mass is 16.2. The number of nitrogens with zero attached hydrogens (tertiary/aromatic N) is 1. The van der Waals surface area contributed by atoms with Crippen LogP contribution in [-0.2, 0) is 0 Å². The molecule has 2 nitrogen and oxygen atoms in total. The Morgan fingerprint density at radius 3 is 3.20 bits per heavy atom. The van der Waals surface area contributed by atoms with Crippen molar-refractivity contribution < 1.29 is 4.79 Å². The zero-order valence-corrected chi connectivity index (χ0v) is 5.87. The van der Waals surface area contributed by atoms with Crippen LogP contribution in [0.25, 0.3) is 0 Å². The highest BCUT2D eigenvalue weighted by Crippen LogP contribution is 2.26. The minimum Gasteiger partial charge on any atom is -0.291 e. The maximum absolute atomic E-state index is 11.1. The van der Waals surface area contributed by atoms with E-state index < -0.39 is 0 Å². The van der Waals surface area contributed by atoms with Gasteiger partial charge >= 0.3 is 0 Å². The van der Waals surface area contributed by atoms with Gasteiger partial charge in [-0.25, -0.2) is 0 Å². The molecule has 0 N–H and O–H groups in total. The van der Waals surface area contributed by atoms with E-state index in [1.807, 2.05) is 18.3 Å². The Labute approximate surface area is 59.5 Å². The summed E-state index contributed by atoms with van der Waals surface area (Å²) >= 11 is 0. The third-order valence-electron chi connectivity index (χ3n) is 2.03. The minimum atomic E-state index is 0.229. The molecule has 10 heavy (non-hydrogen) atoms. The van der Waals surface area contributed by atoms with Gasteiger partial charge in [0.2, 0.25) is 5.91 Å². The van der Waals surface area contributed by atoms with Gasteiger partial charge in [-0.1, -0.05) is 6.92 Å². The molecule has 0 aliphatic carbocycles. The molecular weight excluding hydrogens is 126 g/mol. The highest BCUT2D eigenvalue weighted by Gasteiger charge is 2.24. The predicted octanol–water partition coefficient (Wildman–Crippen LogP) is 1.64. The van der Waals surface area contributed by atoms with Crippen molar-refractivity contribution in [1.82, 2.24) is 4.57 Å². The largest absolute Gasteiger partial charge is 0.291 e. The molecule has 0 amide bonds. The lowest BCUT2D eigenvalue weighted by Gasteiger charge is -1.94. The van der Waals surface area contributed by atoms with Crippen LogP contribution >= 0.6 is 0 Å². The normalized spacial score (nSPS) is 23.3. The van der Waals surface area contributed by atoms with Crippen molar-refractivity contribution in [3.63, 3.8) is 0 Å². The molecule has 1 aliphatic heterocycles. The maximum Gasteiger partial charge on any atom is 0.231 e. The summed E-state index contributed by atoms with van der Waals surface area (Å²) in [6, 6.07) is 3.93. The lowest BCUT2D eigenvalue weighted by Crippen LogP contribution is -2.00. The van der Waals surface area contributed by atoms with Crippen molar-refractivity contribution in [2.45, 2.75) is 19.3 Å². The van der Waals surface area contributed by atoms with Crippen LogP contribution in [0.3, 0.4) is 0 Å². The first-order chi connectivity index (χ1) is 4.79. The van der Waals surface area contributed by atoms with Gasteiger partial charge in [0.25, 0.3) is 0 Å². The molecule has 2 heterocycles. The van der Waals surface area contributed by atoms with E-state index >= 15 is 0 Å². The van der Waals surface area contributed by atoms with Gasteiger partial charge in [0.15, 0.2) is 0 Å². The van der Waals surface area contributed by atoms with E-state index in [4.69, 9.17) is 0 Å². The SMILES string of the molecule is C[C@H]1CC(=O)n2cccc21. The quantitative estimate of drug-likeness (QED) is 0.530. The molecule has 1 aliphatic rings. The molecule has 0 saturated heterocycles. The zero-order chi connectivity index (χ0) is 7.14. The van der Waals surface area contributed by atoms with E-state index in [0.717, 1.165) is 5.69 Å². The van der Waals surface area contributed by atoms with E-state index in [2.05, 4.69) is 6.92 Å². The Hall–Kier alpha value is -1.05. The summed E-state index contributed by atoms with van der Waals surface area (Å²) in [6.07, 6.45) is 2.51. The third-order valence-corrected chi connectivity index (χ3v) is 2.03. The van der Waals surface area contributed by atoms with Crippen LogP contribution in [0.4, 0.5) is 0 Å². The Balaban J connectivity index is 2.58. The molecule has 2 heteroatoms. The summed E-state index contributed by atoms with van der Waals surface area (Å²) in [6.45, 7) is 2.08. The fraction of sp³-hybridized carbons (Fsp3) is 0.375. The number of rotatable bonds is 0. The number of carbonyl (C=O) groups excluding carboxylic acids is 1. The summed E-state index contributed by atoms with van der Waals surface area (Å²) in [5.74, 6) is 0.648. The van der Waals surface area contributed by atoms with Gasteiger partial charge in [-0.05, 0) is 12.1 Å². The summed E-state index contributed by atoms with van der Waals surface area (Å²) in [4.78, 5) is 11.1. The molecule has 0 spiro atoms. The maximum atomic E-state index is 11.1. The van der Waals surface area contributed by atoms with Gasteiger partial charge < -0.3 is 0 Å². The number of fused-ring (bicyclic) bond motifs is 1. The van der Waals surface area contributed by atoms with Crippen molar-refractivity contribution in [2.75, 3.05) is 0 Å². The van der Waals surface area contributed by atoms with E-state index in [-0.39, 0.29) is 5.91 Å². The van der Waals surface area contributed by atoms with Gasteiger partial charge in [-0.3, -0.25) is 9.36 Å². The molecule has 1 aromatic heterocycles. The molecule has 1 aromatic rings. The Morgan fingerprint density at radius 2 is 2.50 bits per heavy atom. The van der Waals surface area contributed by atoms with Crippen LogP contribution in [0.1, 0.15) is 29.8 Å². The van der Waals surface area contributed by atoms with E-state index in [9.17, 15) is 4.79 Å². The number of hydrogen-bond donors (Lipinski definition) is 0. The first-order valence-corrected chi connectivity index (χ1v) is 3.49. The molecule has 1 atom stereocenters. The second kappa shape index (κ2) is 1.72. The molecule has 0 saturated carbocycles. The molecule has 0 unspecified atom stereocenters. The van der Waals surface area contributed by atoms with Gasteiger partial charge in [0.05, 0.1) is 0 Å². The Bertz CT molecular complexity index is 275. The van der Waals surface area contributed by atoms with Crippen LogP contribution < -0.4 is 0 Å². The first-order valence-electron chi connectivity index (χ1n) is 3.49. The van der Waals surface area contributed by atoms with Crippen molar-refractivity contribution in [2.24, 2.45) is 0 Å². The molecule has 0 fully saturated rings. The lowest BCUT2D eigenvalue weighted by molar-refractivity contribution is 0.0921. The standard InChI is InChI=1S/C8H9NO/c1-6-5-8(10)9-4-2-3-7(6)9/h2-4,6H,5H2,1H3/t6-/m0/s1. The van der Waals surface area contributed by atoms with Gasteiger partial charge in [-0.15, -0.1) is 0 Å². The second-order valence-corrected chi connectivity index (χ2v) is 2.80. The smallest absolute Gasteiger partial charge is 0.231 e. The topological polar surface area (TPSA) is 22.0 Å². The van der Waals surface area contributed by atoms with E-state index in [1.165, 1.54) is 0 Å². The van der Waals surface area contributed by atoms with Gasteiger partial charge in [0.1, 0.15) is 0 Å². The van der Waals surface area contributed by atoms with Crippen molar-refractivity contribution in [3.05, 3.63) is 24.0 Å². The molecule has 0 bridgehead atoms. The summed E-state index contributed by atoms with van der Waals surface area (Å²) in [5, 5.41) is 0. The van der Waals surface area contributed by atoms with Crippen LogP contribution in [0, 0.1) is 0 Å². The molecule has 0 aromatic carbocycles. The first kappa shape index (κ1) is 5.71. The second-order valence-electron chi connectivity index (χ2n) is 2.80.